The van der Waals surface area contributed by atoms with Crippen molar-refractivity contribution in [3.8, 4) is 0 Å². The number of halogens is 2. The van der Waals surface area contributed by atoms with Crippen LogP contribution in [0.15, 0.2) is 45.8 Å². The molecule has 0 aliphatic rings. The van der Waals surface area contributed by atoms with E-state index in [-0.39, 0.29) is 17.4 Å². The molecule has 1 aromatic carbocycles. The third-order valence-corrected chi connectivity index (χ3v) is 3.82. The van der Waals surface area contributed by atoms with Gasteiger partial charge in [0.15, 0.2) is 0 Å². The Morgan fingerprint density at radius 1 is 1.35 bits per heavy atom. The highest BCUT2D eigenvalue weighted by molar-refractivity contribution is 9.10. The van der Waals surface area contributed by atoms with E-state index >= 15 is 0 Å². The van der Waals surface area contributed by atoms with Crippen molar-refractivity contribution in [2.75, 3.05) is 5.32 Å². The van der Waals surface area contributed by atoms with Crippen LogP contribution in [-0.2, 0) is 6.54 Å². The summed E-state index contributed by atoms with van der Waals surface area (Å²) in [5.74, 6) is -0.271. The van der Waals surface area contributed by atoms with Gasteiger partial charge in [0.1, 0.15) is 5.82 Å². The predicted molar refractivity (Wildman–Crippen MR) is 82.5 cm³/mol. The molecule has 0 saturated heterocycles. The molecule has 3 nitrogen and oxygen atoms in total. The van der Waals surface area contributed by atoms with Crippen molar-refractivity contribution < 1.29 is 4.39 Å². The molecule has 1 N–H and O–H groups in total. The van der Waals surface area contributed by atoms with E-state index in [4.69, 9.17) is 0 Å². The maximum Gasteiger partial charge on any atom is 0.250 e. The summed E-state index contributed by atoms with van der Waals surface area (Å²) in [5, 5.41) is 3.31. The molecule has 0 aliphatic heterocycles. The van der Waals surface area contributed by atoms with Crippen molar-refractivity contribution >= 4 is 21.6 Å². The van der Waals surface area contributed by atoms with Crippen molar-refractivity contribution in [2.45, 2.75) is 26.4 Å². The van der Waals surface area contributed by atoms with Gasteiger partial charge in [-0.1, -0.05) is 22.0 Å². The molecular formula is C15H16BrFN2O. The minimum Gasteiger partial charge on any atom is -0.377 e. The van der Waals surface area contributed by atoms with Gasteiger partial charge in [-0.15, -0.1) is 0 Å². The third kappa shape index (κ3) is 3.28. The van der Waals surface area contributed by atoms with Gasteiger partial charge in [0.2, 0.25) is 0 Å². The summed E-state index contributed by atoms with van der Waals surface area (Å²) >= 11 is 3.37. The van der Waals surface area contributed by atoms with Crippen LogP contribution in [-0.4, -0.2) is 4.57 Å². The first-order valence-electron chi connectivity index (χ1n) is 6.43. The lowest BCUT2D eigenvalue weighted by atomic mass is 10.1. The van der Waals surface area contributed by atoms with E-state index in [1.807, 2.05) is 13.8 Å². The number of aromatic nitrogens is 1. The van der Waals surface area contributed by atoms with Crippen LogP contribution in [0, 0.1) is 5.82 Å². The molecule has 0 amide bonds. The number of benzene rings is 1. The van der Waals surface area contributed by atoms with Crippen molar-refractivity contribution in [1.29, 1.82) is 0 Å². The number of nitrogens with zero attached hydrogens (tertiary/aromatic N) is 1. The first-order chi connectivity index (χ1) is 9.51. The molecule has 2 aromatic rings. The van der Waals surface area contributed by atoms with Gasteiger partial charge in [-0.25, -0.2) is 4.39 Å². The van der Waals surface area contributed by atoms with E-state index in [2.05, 4.69) is 21.2 Å². The number of nitrogens with one attached hydrogen (secondary N) is 1. The number of hydrogen-bond acceptors (Lipinski definition) is 2. The average molecular weight is 339 g/mol. The molecule has 5 heteroatoms. The van der Waals surface area contributed by atoms with Crippen molar-refractivity contribution in [3.63, 3.8) is 0 Å². The number of hydrogen-bond donors (Lipinski definition) is 1. The summed E-state index contributed by atoms with van der Waals surface area (Å²) in [6.45, 7) is 4.54. The van der Waals surface area contributed by atoms with Crippen LogP contribution < -0.4 is 10.9 Å². The Labute approximate surface area is 125 Å². The summed E-state index contributed by atoms with van der Waals surface area (Å²) in [5.41, 5.74) is 1.80. The van der Waals surface area contributed by atoms with Gasteiger partial charge in [-0.05, 0) is 37.6 Å². The summed E-state index contributed by atoms with van der Waals surface area (Å²) in [4.78, 5) is 11.5. The molecule has 1 unspecified atom stereocenters. The van der Waals surface area contributed by atoms with E-state index < -0.39 is 0 Å². The Kier molecular flexibility index (Phi) is 4.60. The molecule has 2 rings (SSSR count). The maximum absolute atomic E-state index is 13.1. The highest BCUT2D eigenvalue weighted by atomic mass is 79.9. The second-order valence-corrected chi connectivity index (χ2v) is 5.43. The third-order valence-electron chi connectivity index (χ3n) is 3.14. The Bertz CT molecular complexity index is 669. The minimum atomic E-state index is -0.271. The summed E-state index contributed by atoms with van der Waals surface area (Å²) in [7, 11) is 0. The summed E-state index contributed by atoms with van der Waals surface area (Å²) in [6.07, 6.45) is 1.79. The molecule has 1 aromatic heterocycles. The predicted octanol–water partition coefficient (Wildman–Crippen LogP) is 3.94. The van der Waals surface area contributed by atoms with E-state index in [0.717, 1.165) is 15.7 Å². The number of anilines is 1. The fourth-order valence-corrected chi connectivity index (χ4v) is 2.74. The quantitative estimate of drug-likeness (QED) is 0.915. The lowest BCUT2D eigenvalue weighted by Crippen LogP contribution is -2.18. The van der Waals surface area contributed by atoms with Gasteiger partial charge in [0.05, 0.1) is 5.69 Å². The molecule has 1 atom stereocenters. The lowest BCUT2D eigenvalue weighted by molar-refractivity contribution is 0.625. The monoisotopic (exact) mass is 338 g/mol. The maximum atomic E-state index is 13.1. The zero-order valence-corrected chi connectivity index (χ0v) is 12.9. The van der Waals surface area contributed by atoms with Crippen LogP contribution >= 0.6 is 15.9 Å². The number of rotatable bonds is 4. The molecule has 0 fully saturated rings. The zero-order valence-electron chi connectivity index (χ0n) is 11.4. The first-order valence-corrected chi connectivity index (χ1v) is 7.22. The minimum absolute atomic E-state index is 0.00668. The standard InChI is InChI=1S/C15H16BrFN2O/c1-3-19-9-12(5-7-15(19)20)18-10(2)13-6-4-11(17)8-14(13)16/h4-10,18H,3H2,1-2H3. The van der Waals surface area contributed by atoms with E-state index in [1.54, 1.807) is 22.9 Å². The highest BCUT2D eigenvalue weighted by Crippen LogP contribution is 2.26. The average Bonchev–Trinajstić information content (AvgIpc) is 2.40. The molecule has 0 saturated carbocycles. The summed E-state index contributed by atoms with van der Waals surface area (Å²) < 4.78 is 15.4. The van der Waals surface area contributed by atoms with Crippen LogP contribution in [0.5, 0.6) is 0 Å². The van der Waals surface area contributed by atoms with Gasteiger partial charge >= 0.3 is 0 Å². The molecule has 106 valence electrons. The normalized spacial score (nSPS) is 12.2. The second kappa shape index (κ2) is 6.22. The summed E-state index contributed by atoms with van der Waals surface area (Å²) in [6, 6.07) is 7.91. The largest absolute Gasteiger partial charge is 0.377 e. The Morgan fingerprint density at radius 2 is 2.10 bits per heavy atom. The van der Waals surface area contributed by atoms with E-state index in [0.29, 0.717) is 6.54 Å². The molecular weight excluding hydrogens is 323 g/mol. The Hall–Kier alpha value is -1.62. The van der Waals surface area contributed by atoms with Crippen LogP contribution in [0.3, 0.4) is 0 Å². The Balaban J connectivity index is 2.23. The lowest BCUT2D eigenvalue weighted by Gasteiger charge is -2.18. The SMILES string of the molecule is CCn1cc(NC(C)c2ccc(F)cc2Br)ccc1=O. The highest BCUT2D eigenvalue weighted by Gasteiger charge is 2.10. The van der Waals surface area contributed by atoms with Crippen LogP contribution in [0.4, 0.5) is 10.1 Å². The van der Waals surface area contributed by atoms with Crippen molar-refractivity contribution in [3.05, 3.63) is 62.7 Å². The van der Waals surface area contributed by atoms with E-state index in [1.165, 1.54) is 18.2 Å². The molecule has 0 radical (unpaired) electrons. The zero-order chi connectivity index (χ0) is 14.7. The molecule has 20 heavy (non-hydrogen) atoms. The molecule has 0 spiro atoms. The number of pyridine rings is 1. The van der Waals surface area contributed by atoms with E-state index in [9.17, 15) is 9.18 Å². The molecule has 1 heterocycles. The molecule has 0 aliphatic carbocycles. The van der Waals surface area contributed by atoms with Gasteiger partial charge in [-0.3, -0.25) is 4.79 Å². The van der Waals surface area contributed by atoms with Gasteiger partial charge in [0.25, 0.3) is 5.56 Å². The second-order valence-electron chi connectivity index (χ2n) is 4.57. The Morgan fingerprint density at radius 3 is 2.75 bits per heavy atom. The topological polar surface area (TPSA) is 34.0 Å². The van der Waals surface area contributed by atoms with Gasteiger partial charge in [-0.2, -0.15) is 0 Å². The van der Waals surface area contributed by atoms with Crippen molar-refractivity contribution in [2.24, 2.45) is 0 Å². The fraction of sp³-hybridized carbons (Fsp3) is 0.267. The smallest absolute Gasteiger partial charge is 0.250 e. The van der Waals surface area contributed by atoms with Gasteiger partial charge in [0, 0.05) is 29.3 Å². The van der Waals surface area contributed by atoms with Crippen LogP contribution in [0.25, 0.3) is 0 Å². The first kappa shape index (κ1) is 14.8. The van der Waals surface area contributed by atoms with Crippen LogP contribution in [0.1, 0.15) is 25.5 Å². The van der Waals surface area contributed by atoms with Crippen molar-refractivity contribution in [1.82, 2.24) is 4.57 Å². The van der Waals surface area contributed by atoms with Crippen LogP contribution in [0.2, 0.25) is 0 Å². The fourth-order valence-electron chi connectivity index (χ4n) is 2.04. The molecule has 0 bridgehead atoms. The van der Waals surface area contributed by atoms with Gasteiger partial charge < -0.3 is 9.88 Å². The number of aryl methyl sites for hydroxylation is 1.